The molecule has 0 spiro atoms. The Morgan fingerprint density at radius 1 is 1.11 bits per heavy atom. The standard InChI is InChI=1S/C23H23NO4/c1-3-15-12-27-13-19(15)24-23(26)18-11-7-10-17-20(25)14(2)21(28-22(17)18)16-8-5-4-6-9-16/h4-11,15,19H,3,12-13H2,1-2H3,(H,24,26). The fraction of sp³-hybridized carbons (Fsp3) is 0.304. The maximum Gasteiger partial charge on any atom is 0.255 e. The summed E-state index contributed by atoms with van der Waals surface area (Å²) in [6, 6.07) is 14.6. The number of hydrogen-bond donors (Lipinski definition) is 1. The molecule has 144 valence electrons. The molecule has 1 fully saturated rings. The van der Waals surface area contributed by atoms with E-state index in [1.165, 1.54) is 0 Å². The minimum Gasteiger partial charge on any atom is -0.455 e. The summed E-state index contributed by atoms with van der Waals surface area (Å²) < 4.78 is 11.6. The first-order valence-electron chi connectivity index (χ1n) is 9.60. The fourth-order valence-corrected chi connectivity index (χ4v) is 3.76. The van der Waals surface area contributed by atoms with Crippen LogP contribution in [0, 0.1) is 12.8 Å². The Balaban J connectivity index is 1.80. The third kappa shape index (κ3) is 3.22. The van der Waals surface area contributed by atoms with Crippen LogP contribution in [0.5, 0.6) is 0 Å². The molecule has 1 aliphatic heterocycles. The van der Waals surface area contributed by atoms with Crippen molar-refractivity contribution >= 4 is 16.9 Å². The highest BCUT2D eigenvalue weighted by molar-refractivity contribution is 6.05. The lowest BCUT2D eigenvalue weighted by atomic mass is 10.00. The average molecular weight is 377 g/mol. The number of nitrogens with one attached hydrogen (secondary N) is 1. The van der Waals surface area contributed by atoms with E-state index < -0.39 is 0 Å². The topological polar surface area (TPSA) is 68.5 Å². The van der Waals surface area contributed by atoms with Gasteiger partial charge in [-0.2, -0.15) is 0 Å². The molecule has 0 radical (unpaired) electrons. The normalized spacial score (nSPS) is 19.1. The second-order valence-electron chi connectivity index (χ2n) is 7.22. The van der Waals surface area contributed by atoms with Crippen molar-refractivity contribution in [3.63, 3.8) is 0 Å². The summed E-state index contributed by atoms with van der Waals surface area (Å²) in [6.07, 6.45) is 0.937. The largest absolute Gasteiger partial charge is 0.455 e. The Bertz CT molecular complexity index is 1070. The molecule has 2 unspecified atom stereocenters. The number of fused-ring (bicyclic) bond motifs is 1. The highest BCUT2D eigenvalue weighted by Crippen LogP contribution is 2.27. The summed E-state index contributed by atoms with van der Waals surface area (Å²) in [5.74, 6) is 0.549. The molecule has 5 nitrogen and oxygen atoms in total. The number of hydrogen-bond acceptors (Lipinski definition) is 4. The van der Waals surface area contributed by atoms with Crippen LogP contribution in [-0.4, -0.2) is 25.2 Å². The van der Waals surface area contributed by atoms with Gasteiger partial charge in [0, 0.05) is 17.0 Å². The van der Waals surface area contributed by atoms with E-state index in [0.717, 1.165) is 12.0 Å². The van der Waals surface area contributed by atoms with Crippen molar-refractivity contribution in [2.24, 2.45) is 5.92 Å². The second-order valence-corrected chi connectivity index (χ2v) is 7.22. The first kappa shape index (κ1) is 18.4. The van der Waals surface area contributed by atoms with Crippen LogP contribution < -0.4 is 10.7 Å². The van der Waals surface area contributed by atoms with Crippen LogP contribution in [0.25, 0.3) is 22.3 Å². The van der Waals surface area contributed by atoms with Crippen LogP contribution in [0.1, 0.15) is 29.3 Å². The van der Waals surface area contributed by atoms with Crippen molar-refractivity contribution in [3.05, 3.63) is 69.9 Å². The first-order chi connectivity index (χ1) is 13.6. The predicted molar refractivity (Wildman–Crippen MR) is 109 cm³/mol. The highest BCUT2D eigenvalue weighted by Gasteiger charge is 2.29. The van der Waals surface area contributed by atoms with E-state index in [4.69, 9.17) is 9.15 Å². The van der Waals surface area contributed by atoms with E-state index >= 15 is 0 Å². The highest BCUT2D eigenvalue weighted by atomic mass is 16.5. The zero-order chi connectivity index (χ0) is 19.7. The van der Waals surface area contributed by atoms with E-state index in [0.29, 0.717) is 47.0 Å². The monoisotopic (exact) mass is 377 g/mol. The summed E-state index contributed by atoms with van der Waals surface area (Å²) in [4.78, 5) is 25.9. The van der Waals surface area contributed by atoms with Crippen LogP contribution in [-0.2, 0) is 4.74 Å². The molecule has 2 aromatic carbocycles. The van der Waals surface area contributed by atoms with Gasteiger partial charge in [-0.3, -0.25) is 9.59 Å². The lowest BCUT2D eigenvalue weighted by Crippen LogP contribution is -2.39. The van der Waals surface area contributed by atoms with Crippen molar-refractivity contribution in [2.75, 3.05) is 13.2 Å². The van der Waals surface area contributed by atoms with E-state index in [1.807, 2.05) is 30.3 Å². The summed E-state index contributed by atoms with van der Waals surface area (Å²) in [5.41, 5.74) is 1.91. The number of amides is 1. The second kappa shape index (κ2) is 7.60. The molecule has 5 heteroatoms. The van der Waals surface area contributed by atoms with Gasteiger partial charge in [0.1, 0.15) is 5.76 Å². The summed E-state index contributed by atoms with van der Waals surface area (Å²) >= 11 is 0. The van der Waals surface area contributed by atoms with Gasteiger partial charge in [0.25, 0.3) is 5.91 Å². The van der Waals surface area contributed by atoms with Crippen molar-refractivity contribution in [3.8, 4) is 11.3 Å². The fourth-order valence-electron chi connectivity index (χ4n) is 3.76. The Kier molecular flexibility index (Phi) is 5.01. The van der Waals surface area contributed by atoms with Crippen molar-refractivity contribution < 1.29 is 13.9 Å². The van der Waals surface area contributed by atoms with E-state index in [2.05, 4.69) is 12.2 Å². The van der Waals surface area contributed by atoms with Crippen molar-refractivity contribution in [1.29, 1.82) is 0 Å². The zero-order valence-electron chi connectivity index (χ0n) is 16.0. The third-order valence-electron chi connectivity index (χ3n) is 5.46. The maximum absolute atomic E-state index is 13.0. The quantitative estimate of drug-likeness (QED) is 0.748. The van der Waals surface area contributed by atoms with Crippen LogP contribution >= 0.6 is 0 Å². The van der Waals surface area contributed by atoms with Gasteiger partial charge in [-0.05, 0) is 25.5 Å². The number of ether oxygens (including phenoxy) is 1. The van der Waals surface area contributed by atoms with Crippen molar-refractivity contribution in [1.82, 2.24) is 5.32 Å². The summed E-state index contributed by atoms with van der Waals surface area (Å²) in [6.45, 7) is 5.00. The molecule has 1 N–H and O–H groups in total. The Morgan fingerprint density at radius 3 is 2.64 bits per heavy atom. The van der Waals surface area contributed by atoms with Gasteiger partial charge in [-0.15, -0.1) is 0 Å². The van der Waals surface area contributed by atoms with Gasteiger partial charge in [0.05, 0.1) is 30.2 Å². The molecule has 4 rings (SSSR count). The SMILES string of the molecule is CCC1COCC1NC(=O)c1cccc2c(=O)c(C)c(-c3ccccc3)oc12. The van der Waals surface area contributed by atoms with Gasteiger partial charge >= 0.3 is 0 Å². The van der Waals surface area contributed by atoms with Gasteiger partial charge in [0.2, 0.25) is 0 Å². The van der Waals surface area contributed by atoms with Gasteiger partial charge in [0.15, 0.2) is 11.0 Å². The average Bonchev–Trinajstić information content (AvgIpc) is 3.18. The number of rotatable bonds is 4. The number of carbonyl (C=O) groups is 1. The van der Waals surface area contributed by atoms with E-state index in [-0.39, 0.29) is 17.4 Å². The van der Waals surface area contributed by atoms with Gasteiger partial charge in [-0.25, -0.2) is 0 Å². The number of carbonyl (C=O) groups excluding carboxylic acids is 1. The molecule has 0 bridgehead atoms. The molecule has 0 aliphatic carbocycles. The third-order valence-corrected chi connectivity index (χ3v) is 5.46. The van der Waals surface area contributed by atoms with Crippen LogP contribution in [0.15, 0.2) is 57.7 Å². The lowest BCUT2D eigenvalue weighted by molar-refractivity contribution is 0.0925. The van der Waals surface area contributed by atoms with Crippen LogP contribution in [0.3, 0.4) is 0 Å². The lowest BCUT2D eigenvalue weighted by Gasteiger charge is -2.18. The first-order valence-corrected chi connectivity index (χ1v) is 9.60. The molecule has 0 saturated carbocycles. The predicted octanol–water partition coefficient (Wildman–Crippen LogP) is 3.92. The molecular formula is C23H23NO4. The Hall–Kier alpha value is -2.92. The van der Waals surface area contributed by atoms with E-state index in [9.17, 15) is 9.59 Å². The molecule has 1 aliphatic rings. The molecule has 1 aromatic heterocycles. The van der Waals surface area contributed by atoms with Crippen LogP contribution in [0.2, 0.25) is 0 Å². The van der Waals surface area contributed by atoms with E-state index in [1.54, 1.807) is 25.1 Å². The molecule has 2 atom stereocenters. The molecular weight excluding hydrogens is 354 g/mol. The maximum atomic E-state index is 13.0. The van der Waals surface area contributed by atoms with Crippen LogP contribution in [0.4, 0.5) is 0 Å². The van der Waals surface area contributed by atoms with Gasteiger partial charge in [-0.1, -0.05) is 43.3 Å². The van der Waals surface area contributed by atoms with Gasteiger partial charge < -0.3 is 14.5 Å². The Morgan fingerprint density at radius 2 is 1.89 bits per heavy atom. The minimum atomic E-state index is -0.245. The molecule has 2 heterocycles. The molecule has 3 aromatic rings. The number of para-hydroxylation sites is 1. The molecule has 28 heavy (non-hydrogen) atoms. The zero-order valence-corrected chi connectivity index (χ0v) is 16.0. The number of benzene rings is 2. The molecule has 1 saturated heterocycles. The minimum absolute atomic E-state index is 0.0291. The smallest absolute Gasteiger partial charge is 0.255 e. The summed E-state index contributed by atoms with van der Waals surface area (Å²) in [7, 11) is 0. The van der Waals surface area contributed by atoms with Crippen molar-refractivity contribution in [2.45, 2.75) is 26.3 Å². The summed E-state index contributed by atoms with van der Waals surface area (Å²) in [5, 5.41) is 3.47. The Labute approximate surface area is 163 Å². The molecule has 1 amide bonds.